The van der Waals surface area contributed by atoms with Gasteiger partial charge in [-0.2, -0.15) is 0 Å². The monoisotopic (exact) mass is 271 g/mol. The molecule has 1 aromatic heterocycles. The molecular formula is C10H14BrN3O. The number of hydrogen-bond donors (Lipinski definition) is 1. The minimum absolute atomic E-state index is 0.472. The van der Waals surface area contributed by atoms with E-state index in [1.54, 1.807) is 0 Å². The summed E-state index contributed by atoms with van der Waals surface area (Å²) in [6, 6.07) is 2.38. The lowest BCUT2D eigenvalue weighted by Gasteiger charge is -2.23. The van der Waals surface area contributed by atoms with Gasteiger partial charge in [0.15, 0.2) is 0 Å². The molecule has 0 aromatic carbocycles. The lowest BCUT2D eigenvalue weighted by molar-refractivity contribution is 0.0904. The Morgan fingerprint density at radius 3 is 2.80 bits per heavy atom. The van der Waals surface area contributed by atoms with Gasteiger partial charge in [-0.1, -0.05) is 0 Å². The van der Waals surface area contributed by atoms with Gasteiger partial charge in [0.1, 0.15) is 16.2 Å². The van der Waals surface area contributed by atoms with E-state index >= 15 is 0 Å². The maximum atomic E-state index is 5.30. The number of nitrogens with one attached hydrogen (secondary N) is 1. The summed E-state index contributed by atoms with van der Waals surface area (Å²) in [7, 11) is 0. The highest BCUT2D eigenvalue weighted by Gasteiger charge is 2.14. The molecule has 15 heavy (non-hydrogen) atoms. The van der Waals surface area contributed by atoms with E-state index in [1.165, 1.54) is 0 Å². The van der Waals surface area contributed by atoms with Crippen molar-refractivity contribution in [2.24, 2.45) is 0 Å². The van der Waals surface area contributed by atoms with Gasteiger partial charge >= 0.3 is 0 Å². The molecule has 1 aliphatic rings. The largest absolute Gasteiger partial charge is 0.381 e. The first-order chi connectivity index (χ1) is 7.24. The van der Waals surface area contributed by atoms with Crippen LogP contribution in [0.2, 0.25) is 0 Å². The van der Waals surface area contributed by atoms with Gasteiger partial charge in [-0.25, -0.2) is 9.97 Å². The van der Waals surface area contributed by atoms with Crippen molar-refractivity contribution in [3.05, 3.63) is 16.5 Å². The smallest absolute Gasteiger partial charge is 0.131 e. The molecule has 1 aliphatic heterocycles. The predicted octanol–water partition coefficient (Wildman–Crippen LogP) is 2.14. The van der Waals surface area contributed by atoms with Gasteiger partial charge in [-0.05, 0) is 35.7 Å². The molecule has 2 rings (SSSR count). The Balaban J connectivity index is 2.02. The molecule has 82 valence electrons. The number of anilines is 1. The second-order valence-corrected chi connectivity index (χ2v) is 4.47. The van der Waals surface area contributed by atoms with E-state index in [9.17, 15) is 0 Å². The molecule has 0 amide bonds. The lowest BCUT2D eigenvalue weighted by Crippen LogP contribution is -2.28. The molecule has 1 saturated heterocycles. The fourth-order valence-electron chi connectivity index (χ4n) is 1.66. The van der Waals surface area contributed by atoms with E-state index in [0.717, 1.165) is 42.3 Å². The van der Waals surface area contributed by atoms with Gasteiger partial charge in [0, 0.05) is 25.3 Å². The van der Waals surface area contributed by atoms with Crippen LogP contribution < -0.4 is 5.32 Å². The molecule has 1 fully saturated rings. The van der Waals surface area contributed by atoms with Crippen LogP contribution in [0.5, 0.6) is 0 Å². The highest BCUT2D eigenvalue weighted by Crippen LogP contribution is 2.16. The number of halogens is 1. The molecule has 4 nitrogen and oxygen atoms in total. The maximum Gasteiger partial charge on any atom is 0.131 e. The van der Waals surface area contributed by atoms with E-state index in [-0.39, 0.29) is 0 Å². The van der Waals surface area contributed by atoms with Crippen molar-refractivity contribution in [3.63, 3.8) is 0 Å². The fraction of sp³-hybridized carbons (Fsp3) is 0.600. The molecule has 0 radical (unpaired) electrons. The number of aryl methyl sites for hydroxylation is 1. The van der Waals surface area contributed by atoms with Crippen LogP contribution in [0.15, 0.2) is 10.7 Å². The van der Waals surface area contributed by atoms with Gasteiger partial charge in [0.2, 0.25) is 0 Å². The first-order valence-corrected chi connectivity index (χ1v) is 5.89. The summed E-state index contributed by atoms with van der Waals surface area (Å²) in [6.07, 6.45) is 2.08. The fourth-order valence-corrected chi connectivity index (χ4v) is 2.13. The molecule has 1 N–H and O–H groups in total. The Hall–Kier alpha value is -0.680. The van der Waals surface area contributed by atoms with Gasteiger partial charge < -0.3 is 10.1 Å². The zero-order valence-corrected chi connectivity index (χ0v) is 10.2. The molecule has 0 saturated carbocycles. The van der Waals surface area contributed by atoms with Crippen molar-refractivity contribution in [1.29, 1.82) is 0 Å². The summed E-state index contributed by atoms with van der Waals surface area (Å²) >= 11 is 3.36. The van der Waals surface area contributed by atoms with Crippen molar-refractivity contribution in [2.75, 3.05) is 18.5 Å². The molecule has 2 heterocycles. The number of ether oxygens (including phenoxy) is 1. The maximum absolute atomic E-state index is 5.30. The Bertz CT molecular complexity index is 319. The summed E-state index contributed by atoms with van der Waals surface area (Å²) in [5.41, 5.74) is 0. The first-order valence-electron chi connectivity index (χ1n) is 5.09. The van der Waals surface area contributed by atoms with Crippen molar-refractivity contribution >= 4 is 21.7 Å². The molecule has 5 heteroatoms. The van der Waals surface area contributed by atoms with Gasteiger partial charge in [0.25, 0.3) is 0 Å². The molecule has 0 aliphatic carbocycles. The Kier molecular flexibility index (Phi) is 3.53. The minimum atomic E-state index is 0.472. The highest BCUT2D eigenvalue weighted by molar-refractivity contribution is 9.10. The Morgan fingerprint density at radius 2 is 2.13 bits per heavy atom. The van der Waals surface area contributed by atoms with Crippen LogP contribution in [-0.4, -0.2) is 29.2 Å². The summed E-state index contributed by atoms with van der Waals surface area (Å²) in [5, 5.41) is 3.40. The molecule has 0 atom stereocenters. The van der Waals surface area contributed by atoms with Crippen LogP contribution in [0.25, 0.3) is 0 Å². The molecule has 0 bridgehead atoms. The van der Waals surface area contributed by atoms with E-state index < -0.39 is 0 Å². The highest BCUT2D eigenvalue weighted by atomic mass is 79.9. The van der Waals surface area contributed by atoms with E-state index in [4.69, 9.17) is 4.74 Å². The van der Waals surface area contributed by atoms with Crippen molar-refractivity contribution in [2.45, 2.75) is 25.8 Å². The topological polar surface area (TPSA) is 47.0 Å². The van der Waals surface area contributed by atoms with Gasteiger partial charge in [0.05, 0.1) is 0 Å². The van der Waals surface area contributed by atoms with Crippen LogP contribution in [0.4, 0.5) is 5.82 Å². The lowest BCUT2D eigenvalue weighted by atomic mass is 10.1. The number of nitrogens with zero attached hydrogens (tertiary/aromatic N) is 2. The van der Waals surface area contributed by atoms with Crippen molar-refractivity contribution < 1.29 is 4.74 Å². The van der Waals surface area contributed by atoms with Crippen LogP contribution in [0.1, 0.15) is 18.7 Å². The standard InChI is InChI=1S/C10H14BrN3O/c1-7-12-9(11)6-10(13-7)14-8-2-4-15-5-3-8/h6,8H,2-5H2,1H3,(H,12,13,14). The van der Waals surface area contributed by atoms with Crippen LogP contribution >= 0.6 is 15.9 Å². The van der Waals surface area contributed by atoms with Crippen LogP contribution in [-0.2, 0) is 4.74 Å². The summed E-state index contributed by atoms with van der Waals surface area (Å²) in [6.45, 7) is 3.56. The van der Waals surface area contributed by atoms with Crippen LogP contribution in [0.3, 0.4) is 0 Å². The third-order valence-electron chi connectivity index (χ3n) is 2.38. The van der Waals surface area contributed by atoms with E-state index in [1.807, 2.05) is 13.0 Å². The van der Waals surface area contributed by atoms with Crippen molar-refractivity contribution in [1.82, 2.24) is 9.97 Å². The normalized spacial score (nSPS) is 17.7. The molecule has 1 aromatic rings. The Labute approximate surface area is 97.6 Å². The summed E-state index contributed by atoms with van der Waals surface area (Å²) in [4.78, 5) is 8.50. The second-order valence-electron chi connectivity index (χ2n) is 3.65. The third kappa shape index (κ3) is 3.14. The second kappa shape index (κ2) is 4.90. The van der Waals surface area contributed by atoms with Gasteiger partial charge in [-0.15, -0.1) is 0 Å². The zero-order chi connectivity index (χ0) is 10.7. The quantitative estimate of drug-likeness (QED) is 0.838. The Morgan fingerprint density at radius 1 is 1.40 bits per heavy atom. The van der Waals surface area contributed by atoms with Gasteiger partial charge in [-0.3, -0.25) is 0 Å². The number of aromatic nitrogens is 2. The molecular weight excluding hydrogens is 258 g/mol. The SMILES string of the molecule is Cc1nc(Br)cc(NC2CCOCC2)n1. The minimum Gasteiger partial charge on any atom is -0.381 e. The zero-order valence-electron chi connectivity index (χ0n) is 8.66. The average Bonchev–Trinajstić information content (AvgIpc) is 2.17. The van der Waals surface area contributed by atoms with E-state index in [0.29, 0.717) is 6.04 Å². The molecule has 0 unspecified atom stereocenters. The predicted molar refractivity (Wildman–Crippen MR) is 61.9 cm³/mol. The molecule has 0 spiro atoms. The third-order valence-corrected chi connectivity index (χ3v) is 2.79. The average molecular weight is 272 g/mol. The summed E-state index contributed by atoms with van der Waals surface area (Å²) in [5.74, 6) is 1.67. The first kappa shape index (κ1) is 10.8. The van der Waals surface area contributed by atoms with Crippen LogP contribution in [0, 0.1) is 6.92 Å². The van der Waals surface area contributed by atoms with E-state index in [2.05, 4.69) is 31.2 Å². The van der Waals surface area contributed by atoms with Crippen molar-refractivity contribution in [3.8, 4) is 0 Å². The number of rotatable bonds is 2. The number of hydrogen-bond acceptors (Lipinski definition) is 4. The summed E-state index contributed by atoms with van der Waals surface area (Å²) < 4.78 is 6.13.